The number of nitrogens with zero attached hydrogens (tertiary/aromatic N) is 1. The lowest BCUT2D eigenvalue weighted by molar-refractivity contribution is 0.991. The minimum Gasteiger partial charge on any atom is -0.355 e. The topological polar surface area (TPSA) is 28.1 Å². The SMILES string of the molecule is [CH]1CCC=c2[nH]c3ccc4c(c3c21)=c1ccccc1=N4. The first kappa shape index (κ1) is 10.4. The quantitative estimate of drug-likeness (QED) is 0.502. The molecule has 2 heteroatoms. The monoisotopic (exact) mass is 257 g/mol. The number of hydrogen-bond acceptors (Lipinski definition) is 1. The highest BCUT2D eigenvalue weighted by atomic mass is 14.8. The summed E-state index contributed by atoms with van der Waals surface area (Å²) in [6.45, 7) is 0. The standard InChI is InChI=1S/C18H13N2/c1-3-7-13-11(5-1)17-15(19-13)9-10-16-18(17)12-6-2-4-8-14(12)20-16/h1,3,5-10,20H,2,4H2. The van der Waals surface area contributed by atoms with Crippen LogP contribution in [-0.2, 0) is 0 Å². The van der Waals surface area contributed by atoms with Crippen molar-refractivity contribution in [3.05, 3.63) is 69.5 Å². The average molecular weight is 257 g/mol. The molecule has 3 aromatic rings. The second-order valence-electron chi connectivity index (χ2n) is 5.45. The molecule has 0 fully saturated rings. The average Bonchev–Trinajstić information content (AvgIpc) is 3.04. The zero-order valence-corrected chi connectivity index (χ0v) is 11.0. The summed E-state index contributed by atoms with van der Waals surface area (Å²) in [5.41, 5.74) is 3.67. The molecule has 0 saturated carbocycles. The molecule has 1 aliphatic carbocycles. The molecule has 95 valence electrons. The summed E-state index contributed by atoms with van der Waals surface area (Å²) in [5.74, 6) is 0. The molecule has 0 unspecified atom stereocenters. The van der Waals surface area contributed by atoms with Gasteiger partial charge in [0.1, 0.15) is 0 Å². The first-order valence-electron chi connectivity index (χ1n) is 7.08. The summed E-state index contributed by atoms with van der Waals surface area (Å²) in [6, 6.07) is 12.7. The van der Waals surface area contributed by atoms with E-state index in [2.05, 4.69) is 53.9 Å². The minimum atomic E-state index is 1.09. The van der Waals surface area contributed by atoms with E-state index in [1.54, 1.807) is 0 Å². The fourth-order valence-corrected chi connectivity index (χ4v) is 3.43. The molecule has 0 spiro atoms. The molecular weight excluding hydrogens is 244 g/mol. The normalized spacial score (nSPS) is 15.2. The number of rotatable bonds is 0. The number of hydrogen-bond donors (Lipinski definition) is 1. The maximum atomic E-state index is 4.76. The summed E-state index contributed by atoms with van der Waals surface area (Å²) in [5, 5.41) is 6.24. The summed E-state index contributed by atoms with van der Waals surface area (Å²) >= 11 is 0. The predicted molar refractivity (Wildman–Crippen MR) is 80.0 cm³/mol. The van der Waals surface area contributed by atoms with Gasteiger partial charge in [0.2, 0.25) is 0 Å². The lowest BCUT2D eigenvalue weighted by Crippen LogP contribution is -2.10. The molecule has 1 aliphatic heterocycles. The zero-order valence-electron chi connectivity index (χ0n) is 11.0. The van der Waals surface area contributed by atoms with Crippen LogP contribution in [0, 0.1) is 16.9 Å². The van der Waals surface area contributed by atoms with Crippen molar-refractivity contribution in [2.24, 2.45) is 4.99 Å². The third-order valence-corrected chi connectivity index (χ3v) is 4.29. The summed E-state index contributed by atoms with van der Waals surface area (Å²) in [7, 11) is 0. The molecular formula is C18H13N2. The van der Waals surface area contributed by atoms with Crippen molar-refractivity contribution in [1.29, 1.82) is 0 Å². The Morgan fingerprint density at radius 1 is 1.00 bits per heavy atom. The Hall–Kier alpha value is -2.35. The van der Waals surface area contributed by atoms with E-state index in [1.165, 1.54) is 32.3 Å². The highest BCUT2D eigenvalue weighted by Crippen LogP contribution is 2.29. The minimum absolute atomic E-state index is 1.09. The smallest absolute Gasteiger partial charge is 0.0724 e. The van der Waals surface area contributed by atoms with Crippen LogP contribution in [0.5, 0.6) is 0 Å². The lowest BCUT2D eigenvalue weighted by Gasteiger charge is -2.03. The second kappa shape index (κ2) is 3.60. The highest BCUT2D eigenvalue weighted by molar-refractivity contribution is 5.89. The van der Waals surface area contributed by atoms with Gasteiger partial charge in [-0.1, -0.05) is 24.3 Å². The van der Waals surface area contributed by atoms with Crippen LogP contribution in [0.3, 0.4) is 0 Å². The number of para-hydroxylation sites is 1. The van der Waals surface area contributed by atoms with Gasteiger partial charge in [0.15, 0.2) is 0 Å². The molecule has 0 amide bonds. The number of aromatic amines is 1. The molecule has 1 N–H and O–H groups in total. The molecule has 1 aromatic heterocycles. The van der Waals surface area contributed by atoms with E-state index in [-0.39, 0.29) is 0 Å². The Bertz CT molecular complexity index is 1070. The van der Waals surface area contributed by atoms with Crippen LogP contribution in [0.4, 0.5) is 5.69 Å². The van der Waals surface area contributed by atoms with E-state index in [1.807, 2.05) is 0 Å². The molecule has 0 atom stereocenters. The Labute approximate surface area is 115 Å². The summed E-state index contributed by atoms with van der Waals surface area (Å²) in [4.78, 5) is 8.30. The van der Waals surface area contributed by atoms with E-state index in [9.17, 15) is 0 Å². The Kier molecular flexibility index (Phi) is 1.88. The van der Waals surface area contributed by atoms with Crippen molar-refractivity contribution >= 4 is 22.7 Å². The first-order valence-corrected chi connectivity index (χ1v) is 7.08. The number of fused-ring (bicyclic) bond motifs is 6. The predicted octanol–water partition coefficient (Wildman–Crippen LogP) is 2.85. The van der Waals surface area contributed by atoms with Crippen molar-refractivity contribution < 1.29 is 0 Å². The molecule has 2 nitrogen and oxygen atoms in total. The maximum absolute atomic E-state index is 4.76. The lowest BCUT2D eigenvalue weighted by atomic mass is 9.99. The van der Waals surface area contributed by atoms with Gasteiger partial charge in [0.25, 0.3) is 0 Å². The van der Waals surface area contributed by atoms with Gasteiger partial charge in [-0.25, -0.2) is 4.99 Å². The number of benzene rings is 2. The zero-order chi connectivity index (χ0) is 13.1. The van der Waals surface area contributed by atoms with Crippen LogP contribution in [0.1, 0.15) is 18.4 Å². The Morgan fingerprint density at radius 3 is 2.95 bits per heavy atom. The third-order valence-electron chi connectivity index (χ3n) is 4.29. The van der Waals surface area contributed by atoms with E-state index >= 15 is 0 Å². The molecule has 20 heavy (non-hydrogen) atoms. The fourth-order valence-electron chi connectivity index (χ4n) is 3.43. The van der Waals surface area contributed by atoms with Gasteiger partial charge in [-0.3, -0.25) is 0 Å². The van der Waals surface area contributed by atoms with Crippen LogP contribution in [-0.4, -0.2) is 4.98 Å². The van der Waals surface area contributed by atoms with Crippen molar-refractivity contribution in [3.63, 3.8) is 0 Å². The van der Waals surface area contributed by atoms with Gasteiger partial charge in [0.05, 0.1) is 11.0 Å². The molecule has 0 bridgehead atoms. The van der Waals surface area contributed by atoms with Crippen molar-refractivity contribution in [2.75, 3.05) is 0 Å². The third kappa shape index (κ3) is 1.21. The molecule has 2 heterocycles. The number of nitrogens with one attached hydrogen (secondary N) is 1. The molecule has 5 rings (SSSR count). The Morgan fingerprint density at radius 2 is 1.95 bits per heavy atom. The number of aromatic nitrogens is 1. The second-order valence-corrected chi connectivity index (χ2v) is 5.45. The van der Waals surface area contributed by atoms with Crippen molar-refractivity contribution in [3.8, 4) is 0 Å². The molecule has 2 aliphatic rings. The van der Waals surface area contributed by atoms with Crippen LogP contribution >= 0.6 is 0 Å². The van der Waals surface area contributed by atoms with Gasteiger partial charge in [-0.2, -0.15) is 0 Å². The van der Waals surface area contributed by atoms with E-state index in [0.717, 1.165) is 23.9 Å². The van der Waals surface area contributed by atoms with E-state index < -0.39 is 0 Å². The van der Waals surface area contributed by atoms with Gasteiger partial charge in [0, 0.05) is 26.7 Å². The van der Waals surface area contributed by atoms with E-state index in [4.69, 9.17) is 4.99 Å². The van der Waals surface area contributed by atoms with Gasteiger partial charge in [-0.15, -0.1) is 0 Å². The van der Waals surface area contributed by atoms with Crippen molar-refractivity contribution in [1.82, 2.24) is 4.98 Å². The van der Waals surface area contributed by atoms with E-state index in [0.29, 0.717) is 0 Å². The van der Waals surface area contributed by atoms with Gasteiger partial charge in [-0.05, 0) is 43.0 Å². The van der Waals surface area contributed by atoms with Gasteiger partial charge < -0.3 is 4.98 Å². The Balaban J connectivity index is 2.15. The maximum Gasteiger partial charge on any atom is 0.0724 e. The highest BCUT2D eigenvalue weighted by Gasteiger charge is 2.15. The van der Waals surface area contributed by atoms with Gasteiger partial charge >= 0.3 is 0 Å². The van der Waals surface area contributed by atoms with Crippen molar-refractivity contribution in [2.45, 2.75) is 12.8 Å². The van der Waals surface area contributed by atoms with Crippen LogP contribution < -0.4 is 10.7 Å². The molecule has 2 aromatic carbocycles. The summed E-state index contributed by atoms with van der Waals surface area (Å²) < 4.78 is 0. The summed E-state index contributed by atoms with van der Waals surface area (Å²) in [6.07, 6.45) is 6.92. The fraction of sp³-hybridized carbons (Fsp3) is 0.111. The van der Waals surface area contributed by atoms with Crippen LogP contribution in [0.15, 0.2) is 41.4 Å². The number of H-pyrrole nitrogens is 1. The first-order chi connectivity index (χ1) is 9.92. The van der Waals surface area contributed by atoms with Crippen LogP contribution in [0.25, 0.3) is 17.0 Å². The molecule has 0 saturated heterocycles. The van der Waals surface area contributed by atoms with Crippen LogP contribution in [0.2, 0.25) is 0 Å². The molecule has 1 radical (unpaired) electrons. The largest absolute Gasteiger partial charge is 0.355 e.